The van der Waals surface area contributed by atoms with E-state index in [4.69, 9.17) is 4.42 Å². The Balaban J connectivity index is 2.45. The van der Waals surface area contributed by atoms with Crippen molar-refractivity contribution in [2.75, 3.05) is 5.75 Å². The summed E-state index contributed by atoms with van der Waals surface area (Å²) in [6, 6.07) is 5.96. The minimum Gasteiger partial charge on any atom is -0.441 e. The van der Waals surface area contributed by atoms with Crippen LogP contribution < -0.4 is 0 Å². The molecule has 14 heavy (non-hydrogen) atoms. The van der Waals surface area contributed by atoms with Crippen molar-refractivity contribution in [2.24, 2.45) is 0 Å². The third-order valence-electron chi connectivity index (χ3n) is 1.94. The van der Waals surface area contributed by atoms with E-state index in [-0.39, 0.29) is 0 Å². The maximum Gasteiger partial charge on any atom is 0.192 e. The number of thiol groups is 1. The van der Waals surface area contributed by atoms with Crippen molar-refractivity contribution in [3.8, 4) is 0 Å². The highest BCUT2D eigenvalue weighted by Crippen LogP contribution is 2.17. The van der Waals surface area contributed by atoms with Gasteiger partial charge in [0.15, 0.2) is 11.5 Å². The van der Waals surface area contributed by atoms with E-state index < -0.39 is 0 Å². The fourth-order valence-corrected chi connectivity index (χ4v) is 1.45. The monoisotopic (exact) mass is 205 g/mol. The number of hydrogen-bond acceptors (Lipinski definition) is 3. The van der Waals surface area contributed by atoms with Gasteiger partial charge >= 0.3 is 0 Å². The smallest absolute Gasteiger partial charge is 0.192 e. The summed E-state index contributed by atoms with van der Waals surface area (Å²) in [5.74, 6) is 1.45. The van der Waals surface area contributed by atoms with Crippen LogP contribution in [0.15, 0.2) is 28.7 Å². The number of oxazole rings is 1. The van der Waals surface area contributed by atoms with Crippen molar-refractivity contribution in [1.82, 2.24) is 4.98 Å². The van der Waals surface area contributed by atoms with Crippen molar-refractivity contribution in [2.45, 2.75) is 6.92 Å². The van der Waals surface area contributed by atoms with Crippen LogP contribution in [0.2, 0.25) is 0 Å². The molecule has 2 rings (SSSR count). The number of aryl methyl sites for hydroxylation is 1. The third-order valence-corrected chi connectivity index (χ3v) is 2.15. The predicted octanol–water partition coefficient (Wildman–Crippen LogP) is 3.08. The highest BCUT2D eigenvalue weighted by molar-refractivity contribution is 7.80. The van der Waals surface area contributed by atoms with Crippen LogP contribution in [-0.4, -0.2) is 10.7 Å². The highest BCUT2D eigenvalue weighted by atomic mass is 32.1. The lowest BCUT2D eigenvalue weighted by Gasteiger charge is -1.91. The van der Waals surface area contributed by atoms with Crippen molar-refractivity contribution in [3.63, 3.8) is 0 Å². The Morgan fingerprint density at radius 3 is 3.14 bits per heavy atom. The first-order valence-corrected chi connectivity index (χ1v) is 5.07. The molecular formula is C11H11NOS. The molecule has 0 radical (unpaired) electrons. The molecule has 1 aromatic heterocycles. The second-order valence-electron chi connectivity index (χ2n) is 3.04. The number of nitrogens with zero attached hydrogens (tertiary/aromatic N) is 1. The molecule has 1 heterocycles. The van der Waals surface area contributed by atoms with Gasteiger partial charge in [0, 0.05) is 12.7 Å². The average molecular weight is 205 g/mol. The molecule has 0 fully saturated rings. The molecule has 2 aromatic rings. The molecule has 72 valence electrons. The van der Waals surface area contributed by atoms with Gasteiger partial charge in [-0.3, -0.25) is 0 Å². The van der Waals surface area contributed by atoms with Gasteiger partial charge in [-0.1, -0.05) is 18.2 Å². The summed E-state index contributed by atoms with van der Waals surface area (Å²) in [5, 5.41) is 0. The van der Waals surface area contributed by atoms with Crippen LogP contribution in [0.1, 0.15) is 11.5 Å². The summed E-state index contributed by atoms with van der Waals surface area (Å²) in [5.41, 5.74) is 2.86. The predicted molar refractivity (Wildman–Crippen MR) is 61.6 cm³/mol. The Labute approximate surface area is 88.1 Å². The molecule has 0 spiro atoms. The summed E-state index contributed by atoms with van der Waals surface area (Å²) >= 11 is 4.11. The molecule has 0 aliphatic heterocycles. The van der Waals surface area contributed by atoms with Crippen LogP contribution in [0.5, 0.6) is 0 Å². The Morgan fingerprint density at radius 2 is 2.36 bits per heavy atom. The van der Waals surface area contributed by atoms with Crippen LogP contribution in [0.25, 0.3) is 17.2 Å². The largest absolute Gasteiger partial charge is 0.441 e. The van der Waals surface area contributed by atoms with E-state index in [1.807, 2.05) is 37.3 Å². The van der Waals surface area contributed by atoms with E-state index in [0.29, 0.717) is 5.89 Å². The topological polar surface area (TPSA) is 26.0 Å². The van der Waals surface area contributed by atoms with Crippen molar-refractivity contribution < 1.29 is 4.42 Å². The van der Waals surface area contributed by atoms with Gasteiger partial charge in [-0.2, -0.15) is 12.6 Å². The number of rotatable bonds is 2. The van der Waals surface area contributed by atoms with E-state index >= 15 is 0 Å². The van der Waals surface area contributed by atoms with Gasteiger partial charge in [0.1, 0.15) is 5.52 Å². The van der Waals surface area contributed by atoms with Gasteiger partial charge in [-0.15, -0.1) is 0 Å². The van der Waals surface area contributed by atoms with E-state index in [2.05, 4.69) is 17.6 Å². The van der Waals surface area contributed by atoms with E-state index in [9.17, 15) is 0 Å². The second kappa shape index (κ2) is 3.88. The zero-order valence-corrected chi connectivity index (χ0v) is 8.79. The molecule has 0 saturated carbocycles. The number of benzene rings is 1. The van der Waals surface area contributed by atoms with Crippen LogP contribution >= 0.6 is 12.6 Å². The molecule has 1 aromatic carbocycles. The van der Waals surface area contributed by atoms with Crippen LogP contribution in [0.4, 0.5) is 0 Å². The molecule has 0 aliphatic carbocycles. The Kier molecular flexibility index (Phi) is 2.59. The molecule has 3 heteroatoms. The standard InChI is InChI=1S/C11H11NOS/c1-8-12-10-5-4-9(3-2-6-14)7-11(10)13-8/h2-5,7,14H,6H2,1H3. The fraction of sp³-hybridized carbons (Fsp3) is 0.182. The number of fused-ring (bicyclic) bond motifs is 1. The van der Waals surface area contributed by atoms with Crippen molar-refractivity contribution in [3.05, 3.63) is 35.7 Å². The third kappa shape index (κ3) is 1.82. The lowest BCUT2D eigenvalue weighted by Crippen LogP contribution is -1.72. The first kappa shape index (κ1) is 9.34. The van der Waals surface area contributed by atoms with Gasteiger partial charge in [-0.25, -0.2) is 4.98 Å². The van der Waals surface area contributed by atoms with Crippen LogP contribution in [-0.2, 0) is 0 Å². The quantitative estimate of drug-likeness (QED) is 0.762. The molecule has 0 saturated heterocycles. The lowest BCUT2D eigenvalue weighted by atomic mass is 10.2. The van der Waals surface area contributed by atoms with Gasteiger partial charge in [0.05, 0.1) is 0 Å². The second-order valence-corrected chi connectivity index (χ2v) is 3.41. The van der Waals surface area contributed by atoms with Gasteiger partial charge < -0.3 is 4.42 Å². The molecule has 0 bridgehead atoms. The highest BCUT2D eigenvalue weighted by Gasteiger charge is 2.00. The lowest BCUT2D eigenvalue weighted by molar-refractivity contribution is 0.561. The van der Waals surface area contributed by atoms with Gasteiger partial charge in [-0.05, 0) is 17.7 Å². The molecule has 0 aliphatic rings. The summed E-state index contributed by atoms with van der Waals surface area (Å²) in [6.07, 6.45) is 4.01. The van der Waals surface area contributed by atoms with E-state index in [1.165, 1.54) is 0 Å². The minimum absolute atomic E-state index is 0.704. The molecular weight excluding hydrogens is 194 g/mol. The average Bonchev–Trinajstić information content (AvgIpc) is 2.54. The number of aromatic nitrogens is 1. The zero-order chi connectivity index (χ0) is 9.97. The molecule has 2 nitrogen and oxygen atoms in total. The van der Waals surface area contributed by atoms with Gasteiger partial charge in [0.25, 0.3) is 0 Å². The fourth-order valence-electron chi connectivity index (χ4n) is 1.35. The maximum atomic E-state index is 5.42. The van der Waals surface area contributed by atoms with Crippen LogP contribution in [0, 0.1) is 6.92 Å². The summed E-state index contributed by atoms with van der Waals surface area (Å²) in [7, 11) is 0. The Hall–Kier alpha value is -1.22. The molecule has 0 atom stereocenters. The van der Waals surface area contributed by atoms with Crippen molar-refractivity contribution in [1.29, 1.82) is 0 Å². The molecule has 0 unspecified atom stereocenters. The van der Waals surface area contributed by atoms with Crippen molar-refractivity contribution >= 4 is 29.8 Å². The summed E-state index contributed by atoms with van der Waals surface area (Å²) in [6.45, 7) is 1.85. The Morgan fingerprint density at radius 1 is 1.50 bits per heavy atom. The first-order valence-electron chi connectivity index (χ1n) is 4.44. The first-order chi connectivity index (χ1) is 6.79. The normalized spacial score (nSPS) is 11.6. The maximum absolute atomic E-state index is 5.42. The Bertz CT molecular complexity index is 473. The zero-order valence-electron chi connectivity index (χ0n) is 7.90. The minimum atomic E-state index is 0.704. The SMILES string of the molecule is Cc1nc2ccc(C=CCS)cc2o1. The van der Waals surface area contributed by atoms with E-state index in [0.717, 1.165) is 22.4 Å². The molecule has 0 N–H and O–H groups in total. The molecule has 0 amide bonds. The number of hydrogen-bond donors (Lipinski definition) is 1. The van der Waals surface area contributed by atoms with E-state index in [1.54, 1.807) is 0 Å². The van der Waals surface area contributed by atoms with Crippen LogP contribution in [0.3, 0.4) is 0 Å². The summed E-state index contributed by atoms with van der Waals surface area (Å²) < 4.78 is 5.42. The summed E-state index contributed by atoms with van der Waals surface area (Å²) in [4.78, 5) is 4.23. The van der Waals surface area contributed by atoms with Gasteiger partial charge in [0.2, 0.25) is 0 Å².